The predicted octanol–water partition coefficient (Wildman–Crippen LogP) is 2.84. The fraction of sp³-hybridized carbons (Fsp3) is 0.273. The zero-order valence-corrected chi connectivity index (χ0v) is 15.6. The molecule has 1 aliphatic heterocycles. The number of fused-ring (bicyclic) bond motifs is 1. The van der Waals surface area contributed by atoms with Gasteiger partial charge in [-0.3, -0.25) is 14.5 Å². The molecule has 0 amide bonds. The first-order valence-corrected chi connectivity index (χ1v) is 9.25. The summed E-state index contributed by atoms with van der Waals surface area (Å²) in [7, 11) is 1.59. The lowest BCUT2D eigenvalue weighted by Gasteiger charge is -2.16. The van der Waals surface area contributed by atoms with E-state index in [0.717, 1.165) is 16.5 Å². The van der Waals surface area contributed by atoms with Crippen LogP contribution in [0.3, 0.4) is 0 Å². The van der Waals surface area contributed by atoms with E-state index < -0.39 is 11.9 Å². The monoisotopic (exact) mass is 378 g/mol. The number of pyridine rings is 1. The van der Waals surface area contributed by atoms with Crippen molar-refractivity contribution >= 4 is 16.9 Å². The second-order valence-electron chi connectivity index (χ2n) is 7.23. The Morgan fingerprint density at radius 3 is 2.68 bits per heavy atom. The molecule has 0 radical (unpaired) electrons. The normalized spacial score (nSPS) is 19.8. The maximum absolute atomic E-state index is 12.5. The second kappa shape index (κ2) is 7.48. The summed E-state index contributed by atoms with van der Waals surface area (Å²) in [6, 6.07) is 17.2. The van der Waals surface area contributed by atoms with Gasteiger partial charge in [-0.05, 0) is 29.1 Å². The molecule has 2 heterocycles. The molecule has 0 bridgehead atoms. The molecule has 2 aromatic carbocycles. The Hall–Kier alpha value is -3.12. The highest BCUT2D eigenvalue weighted by Gasteiger charge is 2.38. The van der Waals surface area contributed by atoms with Gasteiger partial charge in [-0.2, -0.15) is 0 Å². The van der Waals surface area contributed by atoms with E-state index >= 15 is 0 Å². The van der Waals surface area contributed by atoms with Gasteiger partial charge in [-0.1, -0.05) is 30.3 Å². The van der Waals surface area contributed by atoms with Crippen LogP contribution in [0.5, 0.6) is 5.75 Å². The van der Waals surface area contributed by atoms with Gasteiger partial charge in [0, 0.05) is 37.2 Å². The fourth-order valence-electron chi connectivity index (χ4n) is 4.01. The number of aromatic nitrogens is 1. The van der Waals surface area contributed by atoms with Gasteiger partial charge >= 0.3 is 5.97 Å². The van der Waals surface area contributed by atoms with E-state index in [9.17, 15) is 14.7 Å². The Bertz CT molecular complexity index is 1060. The van der Waals surface area contributed by atoms with Crippen LogP contribution in [0.1, 0.15) is 17.0 Å². The van der Waals surface area contributed by atoms with Crippen molar-refractivity contribution in [1.29, 1.82) is 0 Å². The first-order valence-electron chi connectivity index (χ1n) is 9.25. The van der Waals surface area contributed by atoms with Crippen LogP contribution in [0.2, 0.25) is 0 Å². The van der Waals surface area contributed by atoms with E-state index in [1.54, 1.807) is 13.2 Å². The first kappa shape index (κ1) is 18.3. The SMILES string of the molecule is COc1ccc2cc(CN3C[C@@H](C(=O)O)[C@H](c4ccccc4)C3)c(=O)[nH]c2c1. The molecular weight excluding hydrogens is 356 g/mol. The summed E-state index contributed by atoms with van der Waals surface area (Å²) >= 11 is 0. The number of hydrogen-bond acceptors (Lipinski definition) is 4. The Balaban J connectivity index is 1.59. The maximum atomic E-state index is 12.5. The highest BCUT2D eigenvalue weighted by molar-refractivity contribution is 5.80. The van der Waals surface area contributed by atoms with Crippen molar-refractivity contribution < 1.29 is 14.6 Å². The lowest BCUT2D eigenvalue weighted by Crippen LogP contribution is -2.26. The lowest BCUT2D eigenvalue weighted by molar-refractivity contribution is -0.141. The van der Waals surface area contributed by atoms with Crippen molar-refractivity contribution in [3.63, 3.8) is 0 Å². The van der Waals surface area contributed by atoms with Gasteiger partial charge < -0.3 is 14.8 Å². The number of carboxylic acids is 1. The third-order valence-corrected chi connectivity index (χ3v) is 5.46. The van der Waals surface area contributed by atoms with Crippen molar-refractivity contribution in [1.82, 2.24) is 9.88 Å². The van der Waals surface area contributed by atoms with Gasteiger partial charge in [0.25, 0.3) is 5.56 Å². The topological polar surface area (TPSA) is 82.6 Å². The van der Waals surface area contributed by atoms with Crippen molar-refractivity contribution in [3.8, 4) is 5.75 Å². The molecule has 0 spiro atoms. The van der Waals surface area contributed by atoms with Crippen molar-refractivity contribution in [2.75, 3.05) is 20.2 Å². The third kappa shape index (κ3) is 3.51. The number of aliphatic carboxylic acids is 1. The zero-order chi connectivity index (χ0) is 19.7. The molecule has 0 aliphatic carbocycles. The minimum absolute atomic E-state index is 0.0810. The maximum Gasteiger partial charge on any atom is 0.308 e. The molecule has 1 saturated heterocycles. The van der Waals surface area contributed by atoms with Crippen LogP contribution in [-0.2, 0) is 11.3 Å². The molecule has 0 unspecified atom stereocenters. The number of methoxy groups -OCH3 is 1. The van der Waals surface area contributed by atoms with Crippen LogP contribution in [-0.4, -0.2) is 41.2 Å². The third-order valence-electron chi connectivity index (χ3n) is 5.46. The summed E-state index contributed by atoms with van der Waals surface area (Å²) in [6.07, 6.45) is 0. The number of aromatic amines is 1. The smallest absolute Gasteiger partial charge is 0.308 e. The van der Waals surface area contributed by atoms with Gasteiger partial charge in [0.15, 0.2) is 0 Å². The minimum Gasteiger partial charge on any atom is -0.497 e. The van der Waals surface area contributed by atoms with E-state index in [1.165, 1.54) is 0 Å². The summed E-state index contributed by atoms with van der Waals surface area (Å²) in [5, 5.41) is 10.6. The number of H-pyrrole nitrogens is 1. The number of benzene rings is 2. The number of hydrogen-bond donors (Lipinski definition) is 2. The summed E-state index contributed by atoms with van der Waals surface area (Å²) < 4.78 is 5.20. The average molecular weight is 378 g/mol. The van der Waals surface area contributed by atoms with E-state index in [2.05, 4.69) is 9.88 Å². The van der Waals surface area contributed by atoms with Gasteiger partial charge in [0.1, 0.15) is 5.75 Å². The number of nitrogens with one attached hydrogen (secondary N) is 1. The van der Waals surface area contributed by atoms with Gasteiger partial charge in [0.2, 0.25) is 0 Å². The van der Waals surface area contributed by atoms with E-state index in [4.69, 9.17) is 4.74 Å². The van der Waals surface area contributed by atoms with Crippen LogP contribution >= 0.6 is 0 Å². The van der Waals surface area contributed by atoms with Crippen molar-refractivity contribution in [3.05, 3.63) is 76.1 Å². The van der Waals surface area contributed by atoms with Crippen LogP contribution in [0.4, 0.5) is 0 Å². The largest absolute Gasteiger partial charge is 0.497 e. The number of rotatable bonds is 5. The summed E-state index contributed by atoms with van der Waals surface area (Å²) in [5.74, 6) is -0.671. The summed E-state index contributed by atoms with van der Waals surface area (Å²) in [4.78, 5) is 29.3. The van der Waals surface area contributed by atoms with Crippen LogP contribution in [0.15, 0.2) is 59.4 Å². The van der Waals surface area contributed by atoms with Crippen LogP contribution < -0.4 is 10.3 Å². The molecule has 1 aliphatic rings. The second-order valence-corrected chi connectivity index (χ2v) is 7.23. The average Bonchev–Trinajstić information content (AvgIpc) is 3.13. The predicted molar refractivity (Wildman–Crippen MR) is 107 cm³/mol. The van der Waals surface area contributed by atoms with E-state index in [0.29, 0.717) is 30.9 Å². The number of likely N-dealkylation sites (tertiary alicyclic amines) is 1. The molecule has 28 heavy (non-hydrogen) atoms. The fourth-order valence-corrected chi connectivity index (χ4v) is 4.01. The van der Waals surface area contributed by atoms with Crippen LogP contribution in [0.25, 0.3) is 10.9 Å². The Morgan fingerprint density at radius 2 is 1.96 bits per heavy atom. The molecule has 0 saturated carbocycles. The molecule has 6 nitrogen and oxygen atoms in total. The number of carboxylic acid groups (broad SMARTS) is 1. The number of carbonyl (C=O) groups is 1. The highest BCUT2D eigenvalue weighted by Crippen LogP contribution is 2.33. The van der Waals surface area contributed by atoms with Crippen molar-refractivity contribution in [2.45, 2.75) is 12.5 Å². The number of nitrogens with zero attached hydrogens (tertiary/aromatic N) is 1. The first-order chi connectivity index (χ1) is 13.5. The van der Waals surface area contributed by atoms with Crippen molar-refractivity contribution in [2.24, 2.45) is 5.92 Å². The van der Waals surface area contributed by atoms with E-state index in [-0.39, 0.29) is 11.5 Å². The Labute approximate surface area is 162 Å². The lowest BCUT2D eigenvalue weighted by atomic mass is 9.89. The summed E-state index contributed by atoms with van der Waals surface area (Å²) in [6.45, 7) is 1.46. The Kier molecular flexibility index (Phi) is 4.88. The van der Waals surface area contributed by atoms with Gasteiger partial charge in [-0.15, -0.1) is 0 Å². The molecule has 2 atom stereocenters. The summed E-state index contributed by atoms with van der Waals surface area (Å²) in [5.41, 5.74) is 2.23. The highest BCUT2D eigenvalue weighted by atomic mass is 16.5. The van der Waals surface area contributed by atoms with Crippen LogP contribution in [0, 0.1) is 5.92 Å². The van der Waals surface area contributed by atoms with Gasteiger partial charge in [0.05, 0.1) is 18.5 Å². The molecule has 1 fully saturated rings. The Morgan fingerprint density at radius 1 is 1.18 bits per heavy atom. The molecule has 2 N–H and O–H groups in total. The quantitative estimate of drug-likeness (QED) is 0.713. The molecule has 3 aromatic rings. The minimum atomic E-state index is -0.795. The molecular formula is C22H22N2O4. The molecule has 1 aromatic heterocycles. The zero-order valence-electron chi connectivity index (χ0n) is 15.6. The standard InChI is InChI=1S/C22H22N2O4/c1-28-17-8-7-15-9-16(21(25)23-20(15)10-17)11-24-12-18(19(13-24)22(26)27)14-5-3-2-4-6-14/h2-10,18-19H,11-13H2,1H3,(H,23,25)(H,26,27)/t18-,19+/m0/s1. The number of ether oxygens (including phenoxy) is 1. The molecule has 6 heteroatoms. The molecule has 144 valence electrons. The van der Waals surface area contributed by atoms with E-state index in [1.807, 2.05) is 48.5 Å². The molecule has 4 rings (SSSR count). The van der Waals surface area contributed by atoms with Gasteiger partial charge in [-0.25, -0.2) is 0 Å².